The van der Waals surface area contributed by atoms with E-state index in [0.29, 0.717) is 25.1 Å². The first-order valence-corrected chi connectivity index (χ1v) is 5.25. The Bertz CT molecular complexity index is 415. The van der Waals surface area contributed by atoms with E-state index in [9.17, 15) is 4.79 Å². The van der Waals surface area contributed by atoms with Gasteiger partial charge in [-0.3, -0.25) is 4.79 Å². The highest BCUT2D eigenvalue weighted by Gasteiger charge is 2.08. The van der Waals surface area contributed by atoms with E-state index in [0.717, 1.165) is 5.56 Å². The molecule has 0 aromatic heterocycles. The molecule has 1 amide bonds. The average Bonchev–Trinajstić information content (AvgIpc) is 2.30. The third-order valence-electron chi connectivity index (χ3n) is 2.19. The number of amides is 1. The van der Waals surface area contributed by atoms with Gasteiger partial charge in [-0.05, 0) is 31.5 Å². The lowest BCUT2D eigenvalue weighted by atomic mass is 10.0. The Labute approximate surface area is 96.0 Å². The summed E-state index contributed by atoms with van der Waals surface area (Å²) in [7, 11) is 0. The Balaban J connectivity index is 2.76. The van der Waals surface area contributed by atoms with Crippen LogP contribution in [0, 0.1) is 11.8 Å². The van der Waals surface area contributed by atoms with E-state index in [1.165, 1.54) is 0 Å². The van der Waals surface area contributed by atoms with Crippen LogP contribution in [0.2, 0.25) is 0 Å². The van der Waals surface area contributed by atoms with E-state index in [4.69, 9.17) is 5.73 Å². The van der Waals surface area contributed by atoms with Crippen LogP contribution in [-0.4, -0.2) is 19.0 Å². The number of hydrogen-bond donors (Lipinski definition) is 2. The third kappa shape index (κ3) is 3.41. The van der Waals surface area contributed by atoms with Crippen molar-refractivity contribution in [3.8, 4) is 11.8 Å². The number of hydrogen-bond acceptors (Lipinski definition) is 2. The van der Waals surface area contributed by atoms with Crippen molar-refractivity contribution in [2.45, 2.75) is 13.3 Å². The zero-order valence-corrected chi connectivity index (χ0v) is 9.42. The molecular formula is C13H16N2O. The molecule has 16 heavy (non-hydrogen) atoms. The van der Waals surface area contributed by atoms with E-state index in [-0.39, 0.29) is 5.91 Å². The summed E-state index contributed by atoms with van der Waals surface area (Å²) in [6.45, 7) is 2.67. The molecule has 0 unspecified atom stereocenters. The summed E-state index contributed by atoms with van der Waals surface area (Å²) < 4.78 is 0. The highest BCUT2D eigenvalue weighted by atomic mass is 16.1. The van der Waals surface area contributed by atoms with Gasteiger partial charge in [-0.1, -0.05) is 24.1 Å². The van der Waals surface area contributed by atoms with Gasteiger partial charge in [0.2, 0.25) is 0 Å². The van der Waals surface area contributed by atoms with Crippen molar-refractivity contribution in [1.29, 1.82) is 0 Å². The van der Waals surface area contributed by atoms with E-state index >= 15 is 0 Å². The summed E-state index contributed by atoms with van der Waals surface area (Å²) in [6.07, 6.45) is 0.711. The van der Waals surface area contributed by atoms with Crippen LogP contribution < -0.4 is 11.1 Å². The molecule has 3 N–H and O–H groups in total. The van der Waals surface area contributed by atoms with E-state index in [1.807, 2.05) is 18.2 Å². The molecule has 0 aliphatic rings. The van der Waals surface area contributed by atoms with Gasteiger partial charge >= 0.3 is 0 Å². The number of rotatable bonds is 4. The highest BCUT2D eigenvalue weighted by molar-refractivity contribution is 5.95. The number of carbonyl (C=O) groups is 1. The molecule has 1 aromatic rings. The maximum Gasteiger partial charge on any atom is 0.252 e. The smallest absolute Gasteiger partial charge is 0.252 e. The van der Waals surface area contributed by atoms with Crippen LogP contribution in [0.4, 0.5) is 0 Å². The molecule has 0 saturated heterocycles. The number of nitrogens with two attached hydrogens (primary N) is 1. The first kappa shape index (κ1) is 12.3. The molecule has 0 fully saturated rings. The second kappa shape index (κ2) is 6.65. The lowest BCUT2D eigenvalue weighted by molar-refractivity contribution is 0.0958. The first-order valence-electron chi connectivity index (χ1n) is 5.25. The monoisotopic (exact) mass is 216 g/mol. The fraction of sp³-hybridized carbons (Fsp3) is 0.308. The fourth-order valence-corrected chi connectivity index (χ4v) is 1.42. The molecule has 0 bridgehead atoms. The fourth-order valence-electron chi connectivity index (χ4n) is 1.42. The van der Waals surface area contributed by atoms with Crippen molar-refractivity contribution < 1.29 is 4.79 Å². The van der Waals surface area contributed by atoms with Gasteiger partial charge in [-0.15, -0.1) is 5.92 Å². The Morgan fingerprint density at radius 3 is 2.88 bits per heavy atom. The van der Waals surface area contributed by atoms with Crippen molar-refractivity contribution >= 4 is 5.91 Å². The van der Waals surface area contributed by atoms with Crippen molar-refractivity contribution in [2.75, 3.05) is 13.1 Å². The molecule has 84 valence electrons. The van der Waals surface area contributed by atoms with Crippen LogP contribution in [-0.2, 0) is 6.42 Å². The third-order valence-corrected chi connectivity index (χ3v) is 2.19. The Morgan fingerprint density at radius 2 is 2.19 bits per heavy atom. The van der Waals surface area contributed by atoms with Crippen molar-refractivity contribution in [3.05, 3.63) is 35.4 Å². The minimum absolute atomic E-state index is 0.0909. The first-order chi connectivity index (χ1) is 7.79. The molecule has 1 aromatic carbocycles. The molecule has 0 atom stereocenters. The molecule has 3 nitrogen and oxygen atoms in total. The van der Waals surface area contributed by atoms with Gasteiger partial charge < -0.3 is 11.1 Å². The van der Waals surface area contributed by atoms with Crippen LogP contribution in [0.3, 0.4) is 0 Å². The van der Waals surface area contributed by atoms with Crippen molar-refractivity contribution in [1.82, 2.24) is 5.32 Å². The summed E-state index contributed by atoms with van der Waals surface area (Å²) in [5.74, 6) is 5.43. The minimum atomic E-state index is -0.0909. The van der Waals surface area contributed by atoms with Gasteiger partial charge in [0.15, 0.2) is 0 Å². The maximum atomic E-state index is 11.8. The zero-order valence-electron chi connectivity index (χ0n) is 9.42. The normalized spacial score (nSPS) is 9.12. The van der Waals surface area contributed by atoms with Gasteiger partial charge in [-0.25, -0.2) is 0 Å². The highest BCUT2D eigenvalue weighted by Crippen LogP contribution is 2.08. The molecule has 0 spiro atoms. The lowest BCUT2D eigenvalue weighted by Crippen LogP contribution is -2.25. The average molecular weight is 216 g/mol. The Hall–Kier alpha value is -1.79. The summed E-state index contributed by atoms with van der Waals surface area (Å²) in [5.41, 5.74) is 7.16. The molecule has 0 aliphatic carbocycles. The molecule has 1 rings (SSSR count). The van der Waals surface area contributed by atoms with Crippen molar-refractivity contribution in [2.24, 2.45) is 5.73 Å². The Kier molecular flexibility index (Phi) is 5.10. The van der Waals surface area contributed by atoms with Crippen molar-refractivity contribution in [3.63, 3.8) is 0 Å². The zero-order chi connectivity index (χ0) is 11.8. The summed E-state index contributed by atoms with van der Waals surface area (Å²) in [5, 5.41) is 2.75. The minimum Gasteiger partial charge on any atom is -0.341 e. The van der Waals surface area contributed by atoms with Crippen LogP contribution in [0.15, 0.2) is 24.3 Å². The summed E-state index contributed by atoms with van der Waals surface area (Å²) >= 11 is 0. The van der Waals surface area contributed by atoms with Crippen LogP contribution >= 0.6 is 0 Å². The van der Waals surface area contributed by atoms with Gasteiger partial charge in [0.1, 0.15) is 0 Å². The molecule has 0 heterocycles. The van der Waals surface area contributed by atoms with E-state index < -0.39 is 0 Å². The molecule has 0 aliphatic heterocycles. The molecule has 3 heteroatoms. The summed E-state index contributed by atoms with van der Waals surface area (Å²) in [6, 6.07) is 7.49. The summed E-state index contributed by atoms with van der Waals surface area (Å²) in [4.78, 5) is 11.8. The lowest BCUT2D eigenvalue weighted by Gasteiger charge is -2.07. The largest absolute Gasteiger partial charge is 0.341 e. The van der Waals surface area contributed by atoms with Crippen LogP contribution in [0.1, 0.15) is 22.8 Å². The second-order valence-corrected chi connectivity index (χ2v) is 3.31. The molecule has 0 saturated carbocycles. The van der Waals surface area contributed by atoms with Crippen LogP contribution in [0.5, 0.6) is 0 Å². The number of nitrogens with one attached hydrogen (secondary N) is 1. The predicted molar refractivity (Wildman–Crippen MR) is 65.0 cm³/mol. The molecule has 0 radical (unpaired) electrons. The Morgan fingerprint density at radius 1 is 1.44 bits per heavy atom. The maximum absolute atomic E-state index is 11.8. The van der Waals surface area contributed by atoms with Gasteiger partial charge in [0.05, 0.1) is 6.54 Å². The van der Waals surface area contributed by atoms with Gasteiger partial charge in [0.25, 0.3) is 5.91 Å². The van der Waals surface area contributed by atoms with E-state index in [1.54, 1.807) is 13.0 Å². The quantitative estimate of drug-likeness (QED) is 0.736. The number of carbonyl (C=O) groups excluding carboxylic acids is 1. The van der Waals surface area contributed by atoms with Gasteiger partial charge in [-0.2, -0.15) is 0 Å². The number of benzene rings is 1. The second-order valence-electron chi connectivity index (χ2n) is 3.31. The SMILES string of the molecule is CC#CCNC(=O)c1ccccc1CCN. The topological polar surface area (TPSA) is 55.1 Å². The van der Waals surface area contributed by atoms with Gasteiger partial charge in [0, 0.05) is 5.56 Å². The standard InChI is InChI=1S/C13H16N2O/c1-2-3-10-15-13(16)12-7-5-4-6-11(12)8-9-14/h4-7H,8-10,14H2,1H3,(H,15,16). The molecular weight excluding hydrogens is 200 g/mol. The van der Waals surface area contributed by atoms with Crippen LogP contribution in [0.25, 0.3) is 0 Å². The van der Waals surface area contributed by atoms with E-state index in [2.05, 4.69) is 17.2 Å². The predicted octanol–water partition coefficient (Wildman–Crippen LogP) is 0.941.